The molecule has 1 saturated carbocycles. The molecule has 1 saturated heterocycles. The van der Waals surface area contributed by atoms with Gasteiger partial charge in [-0.05, 0) is 43.4 Å². The molecule has 0 radical (unpaired) electrons. The van der Waals surface area contributed by atoms with Crippen molar-refractivity contribution in [3.8, 4) is 0 Å². The van der Waals surface area contributed by atoms with Crippen molar-refractivity contribution in [1.82, 2.24) is 15.3 Å². The van der Waals surface area contributed by atoms with E-state index >= 15 is 0 Å². The molecule has 0 bridgehead atoms. The topological polar surface area (TPSA) is 41.0 Å². The number of hydrogen-bond acceptors (Lipinski definition) is 5. The molecule has 2 fully saturated rings. The van der Waals surface area contributed by atoms with Gasteiger partial charge < -0.3 is 10.2 Å². The summed E-state index contributed by atoms with van der Waals surface area (Å²) in [6.07, 6.45) is -0.328. The summed E-state index contributed by atoms with van der Waals surface area (Å²) in [7, 11) is 0. The molecule has 0 spiro atoms. The minimum atomic E-state index is -4.21. The summed E-state index contributed by atoms with van der Waals surface area (Å²) < 4.78 is 38.3. The number of hydrogen-bond donors (Lipinski definition) is 1. The van der Waals surface area contributed by atoms with E-state index in [4.69, 9.17) is 0 Å². The Bertz CT molecular complexity index is 1030. The lowest BCUT2D eigenvalue weighted by molar-refractivity contribution is -0.126. The molecule has 1 aromatic carbocycles. The molecule has 164 valence electrons. The number of thiophene rings is 1. The SMILES string of the molecule is FC(F)(F)Cc1cc2c(N3CCC(CN[C@H]4C[C@@H]4c4ccccc4)CC3)ncnc2s1. The van der Waals surface area contributed by atoms with E-state index in [0.29, 0.717) is 27.6 Å². The summed E-state index contributed by atoms with van der Waals surface area (Å²) in [6.45, 7) is 2.76. The second-order valence-corrected chi connectivity index (χ2v) is 9.73. The van der Waals surface area contributed by atoms with Crippen LogP contribution < -0.4 is 10.2 Å². The maximum absolute atomic E-state index is 12.8. The van der Waals surface area contributed by atoms with E-state index in [-0.39, 0.29) is 0 Å². The Kier molecular flexibility index (Phi) is 5.60. The molecular formula is C23H25F3N4S. The molecule has 1 N–H and O–H groups in total. The maximum atomic E-state index is 12.8. The van der Waals surface area contributed by atoms with E-state index < -0.39 is 12.6 Å². The number of rotatable bonds is 6. The van der Waals surface area contributed by atoms with Gasteiger partial charge in [-0.2, -0.15) is 13.2 Å². The lowest BCUT2D eigenvalue weighted by atomic mass is 9.96. The summed E-state index contributed by atoms with van der Waals surface area (Å²) in [5, 5.41) is 4.48. The minimum absolute atomic E-state index is 0.292. The molecule has 5 rings (SSSR count). The molecule has 2 aromatic heterocycles. The highest BCUT2D eigenvalue weighted by Crippen LogP contribution is 2.41. The zero-order valence-corrected chi connectivity index (χ0v) is 17.9. The fraction of sp³-hybridized carbons (Fsp3) is 0.478. The maximum Gasteiger partial charge on any atom is 0.393 e. The van der Waals surface area contributed by atoms with Crippen molar-refractivity contribution in [2.75, 3.05) is 24.5 Å². The first-order valence-electron chi connectivity index (χ1n) is 10.8. The van der Waals surface area contributed by atoms with Crippen LogP contribution in [0.5, 0.6) is 0 Å². The molecule has 0 amide bonds. The van der Waals surface area contributed by atoms with Crippen LogP contribution in [0.4, 0.5) is 19.0 Å². The number of aromatic nitrogens is 2. The van der Waals surface area contributed by atoms with Gasteiger partial charge in [-0.15, -0.1) is 11.3 Å². The van der Waals surface area contributed by atoms with Crippen LogP contribution >= 0.6 is 11.3 Å². The third-order valence-electron chi connectivity index (χ3n) is 6.34. The standard InChI is InChI=1S/C23H25F3N4S/c24-23(25,26)12-17-10-19-21(28-14-29-22(19)31-17)30-8-6-15(7-9-30)13-27-20-11-18(20)16-4-2-1-3-5-16/h1-5,10,14-15,18,20,27H,6-9,11-13H2/t18-,20+/m1/s1. The van der Waals surface area contributed by atoms with Gasteiger partial charge in [0.1, 0.15) is 17.0 Å². The molecule has 4 nitrogen and oxygen atoms in total. The van der Waals surface area contributed by atoms with Crippen molar-refractivity contribution in [2.45, 2.75) is 43.8 Å². The van der Waals surface area contributed by atoms with Gasteiger partial charge in [0.05, 0.1) is 11.8 Å². The lowest BCUT2D eigenvalue weighted by Gasteiger charge is -2.33. The van der Waals surface area contributed by atoms with Gasteiger partial charge in [-0.1, -0.05) is 30.3 Å². The fourth-order valence-electron chi connectivity index (χ4n) is 4.59. The van der Waals surface area contributed by atoms with E-state index in [2.05, 4.69) is 50.5 Å². The van der Waals surface area contributed by atoms with Gasteiger partial charge in [-0.3, -0.25) is 0 Å². The van der Waals surface area contributed by atoms with Crippen LogP contribution in [-0.4, -0.2) is 41.8 Å². The van der Waals surface area contributed by atoms with E-state index in [9.17, 15) is 13.2 Å². The van der Waals surface area contributed by atoms with Gasteiger partial charge in [0.25, 0.3) is 0 Å². The Morgan fingerprint density at radius 3 is 2.61 bits per heavy atom. The van der Waals surface area contributed by atoms with Crippen molar-refractivity contribution >= 4 is 27.4 Å². The second-order valence-electron chi connectivity index (χ2n) is 8.62. The first kappa shape index (κ1) is 20.7. The number of nitrogens with zero attached hydrogens (tertiary/aromatic N) is 3. The van der Waals surface area contributed by atoms with Crippen molar-refractivity contribution in [2.24, 2.45) is 5.92 Å². The number of anilines is 1. The Balaban J connectivity index is 1.16. The zero-order valence-electron chi connectivity index (χ0n) is 17.1. The van der Waals surface area contributed by atoms with E-state index in [1.54, 1.807) is 6.07 Å². The van der Waals surface area contributed by atoms with Crippen LogP contribution in [0.1, 0.15) is 35.6 Å². The predicted octanol–water partition coefficient (Wildman–Crippen LogP) is 5.16. The van der Waals surface area contributed by atoms with Crippen LogP contribution in [0.2, 0.25) is 0 Å². The summed E-state index contributed by atoms with van der Waals surface area (Å²) >= 11 is 1.11. The van der Waals surface area contributed by atoms with Crippen molar-refractivity contribution in [1.29, 1.82) is 0 Å². The van der Waals surface area contributed by atoms with E-state index in [1.165, 1.54) is 18.3 Å². The Morgan fingerprint density at radius 1 is 1.10 bits per heavy atom. The first-order valence-corrected chi connectivity index (χ1v) is 11.6. The number of nitrogens with one attached hydrogen (secondary N) is 1. The highest BCUT2D eigenvalue weighted by molar-refractivity contribution is 7.18. The molecule has 8 heteroatoms. The molecule has 31 heavy (non-hydrogen) atoms. The average Bonchev–Trinajstić information content (AvgIpc) is 3.42. The summed E-state index contributed by atoms with van der Waals surface area (Å²) in [5.41, 5.74) is 1.42. The van der Waals surface area contributed by atoms with Crippen LogP contribution in [0.15, 0.2) is 42.7 Å². The smallest absolute Gasteiger partial charge is 0.356 e. The van der Waals surface area contributed by atoms with Gasteiger partial charge in [0, 0.05) is 29.9 Å². The zero-order chi connectivity index (χ0) is 21.4. The van der Waals surface area contributed by atoms with Gasteiger partial charge in [0.2, 0.25) is 0 Å². The predicted molar refractivity (Wildman–Crippen MR) is 118 cm³/mol. The van der Waals surface area contributed by atoms with Crippen LogP contribution in [-0.2, 0) is 6.42 Å². The Labute approximate surface area is 183 Å². The molecule has 0 unspecified atom stereocenters. The number of fused-ring (bicyclic) bond motifs is 1. The molecule has 2 atom stereocenters. The highest BCUT2D eigenvalue weighted by atomic mass is 32.1. The largest absolute Gasteiger partial charge is 0.393 e. The summed E-state index contributed by atoms with van der Waals surface area (Å²) in [6, 6.07) is 12.9. The normalized spacial score (nSPS) is 22.2. The van der Waals surface area contributed by atoms with Crippen LogP contribution in [0.3, 0.4) is 0 Å². The third-order valence-corrected chi connectivity index (χ3v) is 7.38. The van der Waals surface area contributed by atoms with Crippen LogP contribution in [0.25, 0.3) is 10.2 Å². The van der Waals surface area contributed by atoms with Crippen molar-refractivity contribution in [3.63, 3.8) is 0 Å². The fourth-order valence-corrected chi connectivity index (χ4v) is 5.61. The first-order chi connectivity index (χ1) is 15.0. The molecular weight excluding hydrogens is 421 g/mol. The van der Waals surface area contributed by atoms with Gasteiger partial charge >= 0.3 is 6.18 Å². The molecule has 1 aliphatic carbocycles. The third kappa shape index (κ3) is 4.85. The van der Waals surface area contributed by atoms with E-state index in [1.807, 2.05) is 0 Å². The molecule has 3 aromatic rings. The molecule has 3 heterocycles. The van der Waals surface area contributed by atoms with Crippen molar-refractivity contribution in [3.05, 3.63) is 53.2 Å². The van der Waals surface area contributed by atoms with E-state index in [0.717, 1.165) is 55.0 Å². The molecule has 2 aliphatic rings. The highest BCUT2D eigenvalue weighted by Gasteiger charge is 2.38. The van der Waals surface area contributed by atoms with Crippen LogP contribution in [0, 0.1) is 5.92 Å². The lowest BCUT2D eigenvalue weighted by Crippen LogP contribution is -2.38. The molecule has 1 aliphatic heterocycles. The monoisotopic (exact) mass is 446 g/mol. The number of alkyl halides is 3. The number of halogens is 3. The summed E-state index contributed by atoms with van der Waals surface area (Å²) in [5.74, 6) is 2.03. The van der Waals surface area contributed by atoms with Crippen molar-refractivity contribution < 1.29 is 13.2 Å². The number of piperidine rings is 1. The Hall–Kier alpha value is -2.19. The van der Waals surface area contributed by atoms with Gasteiger partial charge in [-0.25, -0.2) is 9.97 Å². The average molecular weight is 447 g/mol. The number of benzene rings is 1. The quantitative estimate of drug-likeness (QED) is 0.568. The second kappa shape index (κ2) is 8.39. The summed E-state index contributed by atoms with van der Waals surface area (Å²) in [4.78, 5) is 11.7. The van der Waals surface area contributed by atoms with Gasteiger partial charge in [0.15, 0.2) is 0 Å². The Morgan fingerprint density at radius 2 is 1.87 bits per heavy atom. The minimum Gasteiger partial charge on any atom is -0.356 e.